The first-order valence-corrected chi connectivity index (χ1v) is 7.08. The fourth-order valence-corrected chi connectivity index (χ4v) is 2.47. The number of methoxy groups -OCH3 is 1. The topological polar surface area (TPSA) is 39.1 Å². The SMILES string of the molecule is CCNCCc1c(C)nn(-c2ccccc2OC)c1C. The number of rotatable bonds is 6. The summed E-state index contributed by atoms with van der Waals surface area (Å²) in [6.07, 6.45) is 1.00. The summed E-state index contributed by atoms with van der Waals surface area (Å²) in [6.45, 7) is 8.29. The second-order valence-electron chi connectivity index (χ2n) is 4.84. The van der Waals surface area contributed by atoms with Gasteiger partial charge in [0.05, 0.1) is 12.8 Å². The van der Waals surface area contributed by atoms with Gasteiger partial charge in [-0.05, 0) is 51.1 Å². The predicted molar refractivity (Wildman–Crippen MR) is 81.8 cm³/mol. The zero-order valence-corrected chi connectivity index (χ0v) is 12.7. The lowest BCUT2D eigenvalue weighted by molar-refractivity contribution is 0.411. The normalized spacial score (nSPS) is 10.8. The first kappa shape index (κ1) is 14.6. The maximum absolute atomic E-state index is 5.43. The summed E-state index contributed by atoms with van der Waals surface area (Å²) in [6, 6.07) is 7.98. The average molecular weight is 273 g/mol. The number of benzene rings is 1. The Morgan fingerprint density at radius 2 is 2.00 bits per heavy atom. The highest BCUT2D eigenvalue weighted by atomic mass is 16.5. The van der Waals surface area contributed by atoms with Crippen molar-refractivity contribution in [1.82, 2.24) is 15.1 Å². The summed E-state index contributed by atoms with van der Waals surface area (Å²) in [7, 11) is 1.69. The van der Waals surface area contributed by atoms with Crippen LogP contribution in [0.2, 0.25) is 0 Å². The van der Waals surface area contributed by atoms with Crippen molar-refractivity contribution in [3.8, 4) is 11.4 Å². The second-order valence-corrected chi connectivity index (χ2v) is 4.84. The first-order chi connectivity index (χ1) is 9.69. The van der Waals surface area contributed by atoms with Gasteiger partial charge in [0, 0.05) is 5.69 Å². The van der Waals surface area contributed by atoms with E-state index in [1.54, 1.807) is 7.11 Å². The Balaban J connectivity index is 2.36. The summed E-state index contributed by atoms with van der Waals surface area (Å²) >= 11 is 0. The summed E-state index contributed by atoms with van der Waals surface area (Å²) in [5.74, 6) is 0.844. The minimum absolute atomic E-state index is 0.844. The summed E-state index contributed by atoms with van der Waals surface area (Å²) in [5.41, 5.74) is 4.58. The lowest BCUT2D eigenvalue weighted by Gasteiger charge is -2.10. The molecule has 0 bridgehead atoms. The third-order valence-electron chi connectivity index (χ3n) is 3.56. The van der Waals surface area contributed by atoms with Gasteiger partial charge in [-0.1, -0.05) is 19.1 Å². The molecule has 0 atom stereocenters. The molecule has 4 heteroatoms. The monoisotopic (exact) mass is 273 g/mol. The molecular formula is C16H23N3O. The van der Waals surface area contributed by atoms with E-state index in [0.717, 1.165) is 36.6 Å². The van der Waals surface area contributed by atoms with E-state index in [1.165, 1.54) is 11.3 Å². The molecule has 0 aliphatic heterocycles. The van der Waals surface area contributed by atoms with Gasteiger partial charge in [0.1, 0.15) is 11.4 Å². The van der Waals surface area contributed by atoms with Gasteiger partial charge in [-0.2, -0.15) is 5.10 Å². The quantitative estimate of drug-likeness (QED) is 0.822. The van der Waals surface area contributed by atoms with Crippen LogP contribution in [0.25, 0.3) is 5.69 Å². The molecule has 4 nitrogen and oxygen atoms in total. The predicted octanol–water partition coefficient (Wildman–Crippen LogP) is 2.65. The standard InChI is InChI=1S/C16H23N3O/c1-5-17-11-10-14-12(2)18-19(13(14)3)15-8-6-7-9-16(15)20-4/h6-9,17H,5,10-11H2,1-4H3. The molecule has 1 N–H and O–H groups in total. The average Bonchev–Trinajstić information content (AvgIpc) is 2.75. The molecule has 0 fully saturated rings. The Morgan fingerprint density at radius 1 is 1.25 bits per heavy atom. The van der Waals surface area contributed by atoms with Crippen LogP contribution in [0, 0.1) is 13.8 Å². The lowest BCUT2D eigenvalue weighted by Crippen LogP contribution is -2.16. The summed E-state index contributed by atoms with van der Waals surface area (Å²) in [5, 5.41) is 8.04. The molecule has 0 saturated carbocycles. The Labute approximate surface area is 120 Å². The molecule has 0 amide bonds. The molecule has 1 aromatic heterocycles. The number of aromatic nitrogens is 2. The highest BCUT2D eigenvalue weighted by Gasteiger charge is 2.14. The first-order valence-electron chi connectivity index (χ1n) is 7.08. The highest BCUT2D eigenvalue weighted by Crippen LogP contribution is 2.25. The van der Waals surface area contributed by atoms with Gasteiger partial charge in [0.25, 0.3) is 0 Å². The summed E-state index contributed by atoms with van der Waals surface area (Å²) < 4.78 is 7.41. The molecule has 2 aromatic rings. The molecule has 0 spiro atoms. The number of nitrogens with one attached hydrogen (secondary N) is 1. The molecule has 1 heterocycles. The van der Waals surface area contributed by atoms with Crippen molar-refractivity contribution in [3.05, 3.63) is 41.2 Å². The van der Waals surface area contributed by atoms with E-state index in [0.29, 0.717) is 0 Å². The van der Waals surface area contributed by atoms with E-state index in [-0.39, 0.29) is 0 Å². The van der Waals surface area contributed by atoms with Crippen molar-refractivity contribution < 1.29 is 4.74 Å². The van der Waals surface area contributed by atoms with E-state index >= 15 is 0 Å². The van der Waals surface area contributed by atoms with Crippen molar-refractivity contribution in [2.24, 2.45) is 0 Å². The van der Waals surface area contributed by atoms with Crippen LogP contribution in [-0.2, 0) is 6.42 Å². The lowest BCUT2D eigenvalue weighted by atomic mass is 10.1. The van der Waals surface area contributed by atoms with E-state index in [9.17, 15) is 0 Å². The van der Waals surface area contributed by atoms with Crippen LogP contribution in [0.3, 0.4) is 0 Å². The van der Waals surface area contributed by atoms with Gasteiger partial charge in [-0.15, -0.1) is 0 Å². The van der Waals surface area contributed by atoms with Crippen LogP contribution in [0.4, 0.5) is 0 Å². The minimum Gasteiger partial charge on any atom is -0.494 e. The molecule has 0 unspecified atom stereocenters. The number of hydrogen-bond donors (Lipinski definition) is 1. The number of likely N-dealkylation sites (N-methyl/N-ethyl adjacent to an activating group) is 1. The fourth-order valence-electron chi connectivity index (χ4n) is 2.47. The summed E-state index contributed by atoms with van der Waals surface area (Å²) in [4.78, 5) is 0. The fraction of sp³-hybridized carbons (Fsp3) is 0.438. The number of ether oxygens (including phenoxy) is 1. The molecule has 0 aliphatic carbocycles. The zero-order valence-electron chi connectivity index (χ0n) is 12.7. The van der Waals surface area contributed by atoms with Crippen LogP contribution in [0.15, 0.2) is 24.3 Å². The van der Waals surface area contributed by atoms with Gasteiger partial charge in [0.15, 0.2) is 0 Å². The second kappa shape index (κ2) is 6.57. The van der Waals surface area contributed by atoms with E-state index in [2.05, 4.69) is 31.2 Å². The number of aryl methyl sites for hydroxylation is 1. The molecule has 0 saturated heterocycles. The van der Waals surface area contributed by atoms with Crippen LogP contribution in [0.1, 0.15) is 23.9 Å². The molecule has 0 radical (unpaired) electrons. The third-order valence-corrected chi connectivity index (χ3v) is 3.56. The van der Waals surface area contributed by atoms with Gasteiger partial charge >= 0.3 is 0 Å². The van der Waals surface area contributed by atoms with E-state index in [4.69, 9.17) is 4.74 Å². The highest BCUT2D eigenvalue weighted by molar-refractivity contribution is 5.48. The number of nitrogens with zero attached hydrogens (tertiary/aromatic N) is 2. The van der Waals surface area contributed by atoms with Crippen LogP contribution in [0.5, 0.6) is 5.75 Å². The van der Waals surface area contributed by atoms with E-state index < -0.39 is 0 Å². The molecule has 1 aromatic carbocycles. The Kier molecular flexibility index (Phi) is 4.79. The van der Waals surface area contributed by atoms with Crippen molar-refractivity contribution in [1.29, 1.82) is 0 Å². The number of hydrogen-bond acceptors (Lipinski definition) is 3. The smallest absolute Gasteiger partial charge is 0.144 e. The molecule has 2 rings (SSSR count). The zero-order chi connectivity index (χ0) is 14.5. The Bertz CT molecular complexity index is 575. The molecule has 108 valence electrons. The van der Waals surface area contributed by atoms with Gasteiger partial charge in [0.2, 0.25) is 0 Å². The van der Waals surface area contributed by atoms with Gasteiger partial charge in [-0.25, -0.2) is 4.68 Å². The maximum Gasteiger partial charge on any atom is 0.144 e. The molecular weight excluding hydrogens is 250 g/mol. The Hall–Kier alpha value is -1.81. The number of para-hydroxylation sites is 2. The van der Waals surface area contributed by atoms with E-state index in [1.807, 2.05) is 28.9 Å². The third kappa shape index (κ3) is 2.85. The van der Waals surface area contributed by atoms with Crippen LogP contribution >= 0.6 is 0 Å². The minimum atomic E-state index is 0.844. The van der Waals surface area contributed by atoms with Crippen LogP contribution in [-0.4, -0.2) is 30.0 Å². The molecule has 0 aliphatic rings. The van der Waals surface area contributed by atoms with Crippen molar-refractivity contribution in [2.45, 2.75) is 27.2 Å². The van der Waals surface area contributed by atoms with Crippen LogP contribution < -0.4 is 10.1 Å². The maximum atomic E-state index is 5.43. The Morgan fingerprint density at radius 3 is 2.70 bits per heavy atom. The van der Waals surface area contributed by atoms with Gasteiger partial charge in [-0.3, -0.25) is 0 Å². The van der Waals surface area contributed by atoms with Crippen molar-refractivity contribution in [3.63, 3.8) is 0 Å². The van der Waals surface area contributed by atoms with Crippen molar-refractivity contribution in [2.75, 3.05) is 20.2 Å². The van der Waals surface area contributed by atoms with Crippen molar-refractivity contribution >= 4 is 0 Å². The van der Waals surface area contributed by atoms with Gasteiger partial charge < -0.3 is 10.1 Å². The molecule has 20 heavy (non-hydrogen) atoms. The largest absolute Gasteiger partial charge is 0.494 e.